The van der Waals surface area contributed by atoms with Crippen molar-refractivity contribution in [3.8, 4) is 0 Å². The Morgan fingerprint density at radius 3 is 2.43 bits per heavy atom. The number of piperazine rings is 1. The van der Waals surface area contributed by atoms with Crippen LogP contribution in [-0.2, 0) is 11.2 Å². The third-order valence-corrected chi connectivity index (χ3v) is 5.34. The standard InChI is InChI=1S/C20H32N2O/c1-20(2)16-19(9-15-23-20)17-22-13-11-21(12-14-22)10-8-18-6-4-3-5-7-18/h3-7,19H,8-17H2,1-2H3/t19-/m0/s1. The number of ether oxygens (including phenoxy) is 1. The Labute approximate surface area is 141 Å². The van der Waals surface area contributed by atoms with Crippen LogP contribution in [-0.4, -0.2) is 61.3 Å². The van der Waals surface area contributed by atoms with Gasteiger partial charge in [-0.15, -0.1) is 0 Å². The van der Waals surface area contributed by atoms with E-state index in [4.69, 9.17) is 4.74 Å². The molecule has 0 radical (unpaired) electrons. The minimum Gasteiger partial charge on any atom is -0.376 e. The zero-order valence-electron chi connectivity index (χ0n) is 14.8. The second-order valence-electron chi connectivity index (χ2n) is 7.84. The first-order chi connectivity index (χ1) is 11.1. The van der Waals surface area contributed by atoms with Crippen molar-refractivity contribution in [1.29, 1.82) is 0 Å². The van der Waals surface area contributed by atoms with Gasteiger partial charge in [-0.2, -0.15) is 0 Å². The van der Waals surface area contributed by atoms with Crippen LogP contribution < -0.4 is 0 Å². The average Bonchev–Trinajstić information content (AvgIpc) is 2.54. The maximum Gasteiger partial charge on any atom is 0.0629 e. The van der Waals surface area contributed by atoms with Crippen LogP contribution in [0.25, 0.3) is 0 Å². The van der Waals surface area contributed by atoms with Crippen LogP contribution >= 0.6 is 0 Å². The first-order valence-electron chi connectivity index (χ1n) is 9.23. The maximum absolute atomic E-state index is 5.85. The van der Waals surface area contributed by atoms with Gasteiger partial charge in [-0.25, -0.2) is 0 Å². The van der Waals surface area contributed by atoms with Crippen LogP contribution in [0.1, 0.15) is 32.3 Å². The van der Waals surface area contributed by atoms with E-state index in [9.17, 15) is 0 Å². The molecule has 2 fully saturated rings. The summed E-state index contributed by atoms with van der Waals surface area (Å²) in [5, 5.41) is 0. The average molecular weight is 316 g/mol. The third-order valence-electron chi connectivity index (χ3n) is 5.34. The second-order valence-corrected chi connectivity index (χ2v) is 7.84. The lowest BCUT2D eigenvalue weighted by atomic mass is 9.88. The number of rotatable bonds is 5. The first kappa shape index (κ1) is 16.9. The fourth-order valence-corrected chi connectivity index (χ4v) is 4.01. The molecule has 3 heteroatoms. The quantitative estimate of drug-likeness (QED) is 0.830. The molecule has 0 spiro atoms. The molecule has 1 atom stereocenters. The van der Waals surface area contributed by atoms with Gasteiger partial charge in [-0.05, 0) is 44.6 Å². The zero-order valence-corrected chi connectivity index (χ0v) is 14.8. The minimum atomic E-state index is 0.0838. The van der Waals surface area contributed by atoms with Gasteiger partial charge in [0.05, 0.1) is 5.60 Å². The minimum absolute atomic E-state index is 0.0838. The Kier molecular flexibility index (Phi) is 5.73. The van der Waals surface area contributed by atoms with Gasteiger partial charge in [-0.1, -0.05) is 30.3 Å². The van der Waals surface area contributed by atoms with Gasteiger partial charge in [0.25, 0.3) is 0 Å². The van der Waals surface area contributed by atoms with Crippen molar-refractivity contribution in [2.24, 2.45) is 5.92 Å². The Balaban J connectivity index is 1.37. The molecule has 0 aliphatic carbocycles. The van der Waals surface area contributed by atoms with Crippen molar-refractivity contribution in [3.05, 3.63) is 35.9 Å². The summed E-state index contributed by atoms with van der Waals surface area (Å²) in [4.78, 5) is 5.29. The van der Waals surface area contributed by atoms with E-state index in [1.165, 1.54) is 64.1 Å². The SMILES string of the molecule is CC1(C)C[C@@H](CN2CCN(CCc3ccccc3)CC2)CCO1. The van der Waals surface area contributed by atoms with Crippen LogP contribution in [0.4, 0.5) is 0 Å². The van der Waals surface area contributed by atoms with Crippen LogP contribution in [0.5, 0.6) is 0 Å². The van der Waals surface area contributed by atoms with E-state index in [2.05, 4.69) is 54.0 Å². The van der Waals surface area contributed by atoms with Gasteiger partial charge < -0.3 is 14.5 Å². The predicted octanol–water partition coefficient (Wildman–Crippen LogP) is 3.05. The fraction of sp³-hybridized carbons (Fsp3) is 0.700. The Bertz CT molecular complexity index is 466. The molecule has 0 saturated carbocycles. The summed E-state index contributed by atoms with van der Waals surface area (Å²) < 4.78 is 5.85. The van der Waals surface area contributed by atoms with Crippen molar-refractivity contribution in [2.45, 2.75) is 38.7 Å². The molecule has 2 aliphatic heterocycles. The molecule has 0 N–H and O–H groups in total. The van der Waals surface area contributed by atoms with Crippen LogP contribution in [0.3, 0.4) is 0 Å². The summed E-state index contributed by atoms with van der Waals surface area (Å²) in [6, 6.07) is 10.9. The third kappa shape index (κ3) is 5.30. The monoisotopic (exact) mass is 316 g/mol. The lowest BCUT2D eigenvalue weighted by Gasteiger charge is -2.40. The summed E-state index contributed by atoms with van der Waals surface area (Å²) in [6.07, 6.45) is 3.62. The van der Waals surface area contributed by atoms with Gasteiger partial charge in [-0.3, -0.25) is 0 Å². The fourth-order valence-electron chi connectivity index (χ4n) is 4.01. The Morgan fingerprint density at radius 1 is 1.04 bits per heavy atom. The molecular weight excluding hydrogens is 284 g/mol. The van der Waals surface area contributed by atoms with Crippen LogP contribution in [0.15, 0.2) is 30.3 Å². The van der Waals surface area contributed by atoms with Gasteiger partial charge >= 0.3 is 0 Å². The molecule has 0 unspecified atom stereocenters. The highest BCUT2D eigenvalue weighted by atomic mass is 16.5. The maximum atomic E-state index is 5.85. The highest BCUT2D eigenvalue weighted by molar-refractivity contribution is 5.14. The van der Waals surface area contributed by atoms with E-state index >= 15 is 0 Å². The summed E-state index contributed by atoms with van der Waals surface area (Å²) in [7, 11) is 0. The van der Waals surface area contributed by atoms with E-state index in [0.29, 0.717) is 0 Å². The van der Waals surface area contributed by atoms with E-state index in [0.717, 1.165) is 12.5 Å². The molecule has 1 aromatic carbocycles. The summed E-state index contributed by atoms with van der Waals surface area (Å²) in [5.74, 6) is 0.814. The van der Waals surface area contributed by atoms with Crippen LogP contribution in [0.2, 0.25) is 0 Å². The molecule has 0 bridgehead atoms. The molecule has 128 valence electrons. The number of hydrogen-bond donors (Lipinski definition) is 0. The molecule has 3 nitrogen and oxygen atoms in total. The number of benzene rings is 1. The molecule has 23 heavy (non-hydrogen) atoms. The van der Waals surface area contributed by atoms with E-state index < -0.39 is 0 Å². The molecular formula is C20H32N2O. The van der Waals surface area contributed by atoms with Crippen molar-refractivity contribution in [3.63, 3.8) is 0 Å². The Morgan fingerprint density at radius 2 is 1.74 bits per heavy atom. The smallest absolute Gasteiger partial charge is 0.0629 e. The van der Waals surface area contributed by atoms with E-state index in [1.807, 2.05) is 0 Å². The molecule has 2 aliphatic rings. The van der Waals surface area contributed by atoms with Gasteiger partial charge in [0.2, 0.25) is 0 Å². The summed E-state index contributed by atoms with van der Waals surface area (Å²) in [5.41, 5.74) is 1.54. The van der Waals surface area contributed by atoms with E-state index in [1.54, 1.807) is 0 Å². The normalized spacial score (nSPS) is 26.3. The summed E-state index contributed by atoms with van der Waals surface area (Å²) >= 11 is 0. The van der Waals surface area contributed by atoms with Crippen molar-refractivity contribution < 1.29 is 4.74 Å². The van der Waals surface area contributed by atoms with Gasteiger partial charge in [0, 0.05) is 45.9 Å². The van der Waals surface area contributed by atoms with Crippen LogP contribution in [0, 0.1) is 5.92 Å². The Hall–Kier alpha value is -0.900. The molecule has 1 aromatic rings. The topological polar surface area (TPSA) is 15.7 Å². The predicted molar refractivity (Wildman–Crippen MR) is 95.8 cm³/mol. The van der Waals surface area contributed by atoms with Gasteiger partial charge in [0.1, 0.15) is 0 Å². The molecule has 0 aromatic heterocycles. The number of hydrogen-bond acceptors (Lipinski definition) is 3. The highest BCUT2D eigenvalue weighted by Crippen LogP contribution is 2.29. The summed E-state index contributed by atoms with van der Waals surface area (Å²) in [6.45, 7) is 12.8. The second kappa shape index (κ2) is 7.78. The zero-order chi connectivity index (χ0) is 16.1. The van der Waals surface area contributed by atoms with E-state index in [-0.39, 0.29) is 5.60 Å². The first-order valence-corrected chi connectivity index (χ1v) is 9.23. The van der Waals surface area contributed by atoms with Crippen molar-refractivity contribution in [1.82, 2.24) is 9.80 Å². The van der Waals surface area contributed by atoms with Gasteiger partial charge in [0.15, 0.2) is 0 Å². The number of nitrogens with zero attached hydrogens (tertiary/aromatic N) is 2. The lowest BCUT2D eigenvalue weighted by Crippen LogP contribution is -2.49. The largest absolute Gasteiger partial charge is 0.376 e. The molecule has 3 rings (SSSR count). The highest BCUT2D eigenvalue weighted by Gasteiger charge is 2.30. The lowest BCUT2D eigenvalue weighted by molar-refractivity contribution is -0.0781. The molecule has 2 heterocycles. The van der Waals surface area contributed by atoms with Crippen molar-refractivity contribution >= 4 is 0 Å². The molecule has 2 saturated heterocycles. The van der Waals surface area contributed by atoms with Crippen molar-refractivity contribution in [2.75, 3.05) is 45.9 Å². The molecule has 0 amide bonds.